The van der Waals surface area contributed by atoms with Crippen molar-refractivity contribution >= 4 is 0 Å². The van der Waals surface area contributed by atoms with E-state index in [2.05, 4.69) is 33.0 Å². The van der Waals surface area contributed by atoms with Gasteiger partial charge in [-0.3, -0.25) is 0 Å². The van der Waals surface area contributed by atoms with Gasteiger partial charge in [-0.25, -0.2) is 0 Å². The summed E-state index contributed by atoms with van der Waals surface area (Å²) in [6, 6.07) is 1.51. The average molecular weight is 239 g/mol. The van der Waals surface area contributed by atoms with Gasteiger partial charge in [0.05, 0.1) is 0 Å². The smallest absolute Gasteiger partial charge is 0.00696 e. The molecule has 1 fully saturated rings. The Kier molecular flexibility index (Phi) is 7.18. The highest BCUT2D eigenvalue weighted by molar-refractivity contribution is 4.77. The summed E-state index contributed by atoms with van der Waals surface area (Å²) in [5.74, 6) is 1.85. The molecule has 1 N–H and O–H groups in total. The Labute approximate surface area is 109 Å². The van der Waals surface area contributed by atoms with Gasteiger partial charge in [-0.05, 0) is 50.9 Å². The molecule has 0 heterocycles. The van der Waals surface area contributed by atoms with Crippen molar-refractivity contribution in [1.82, 2.24) is 5.32 Å². The average Bonchev–Trinajstić information content (AvgIpc) is 2.51. The fourth-order valence-electron chi connectivity index (χ4n) is 3.02. The summed E-state index contributed by atoms with van der Waals surface area (Å²) < 4.78 is 0. The fourth-order valence-corrected chi connectivity index (χ4v) is 3.02. The van der Waals surface area contributed by atoms with Crippen molar-refractivity contribution in [1.29, 1.82) is 0 Å². The van der Waals surface area contributed by atoms with E-state index in [-0.39, 0.29) is 0 Å². The standard InChI is InChI=1S/C16H33N/c1-5-15-7-6-8-16(12-11-15)17-14(4)10-9-13(2)3/h13-17H,5-12H2,1-4H3. The Balaban J connectivity index is 2.21. The second-order valence-corrected chi connectivity index (χ2v) is 6.52. The van der Waals surface area contributed by atoms with Crippen molar-refractivity contribution < 1.29 is 0 Å². The predicted octanol–water partition coefficient (Wildman–Crippen LogP) is 4.76. The molecule has 0 bridgehead atoms. The summed E-state index contributed by atoms with van der Waals surface area (Å²) in [5, 5.41) is 3.86. The summed E-state index contributed by atoms with van der Waals surface area (Å²) in [6.45, 7) is 9.36. The molecule has 1 nitrogen and oxygen atoms in total. The van der Waals surface area contributed by atoms with Crippen molar-refractivity contribution in [3.8, 4) is 0 Å². The Morgan fingerprint density at radius 1 is 1.00 bits per heavy atom. The zero-order valence-electron chi connectivity index (χ0n) is 12.5. The van der Waals surface area contributed by atoms with E-state index < -0.39 is 0 Å². The minimum absolute atomic E-state index is 0.709. The normalized spacial score (nSPS) is 28.1. The van der Waals surface area contributed by atoms with Crippen LogP contribution >= 0.6 is 0 Å². The van der Waals surface area contributed by atoms with Gasteiger partial charge in [0.2, 0.25) is 0 Å². The Hall–Kier alpha value is -0.0400. The van der Waals surface area contributed by atoms with Crippen LogP contribution in [0.2, 0.25) is 0 Å². The van der Waals surface area contributed by atoms with E-state index in [1.165, 1.54) is 51.4 Å². The van der Waals surface area contributed by atoms with Crippen LogP contribution in [0.15, 0.2) is 0 Å². The maximum atomic E-state index is 3.86. The van der Waals surface area contributed by atoms with Gasteiger partial charge in [0.1, 0.15) is 0 Å². The van der Waals surface area contributed by atoms with Gasteiger partial charge in [0, 0.05) is 12.1 Å². The maximum absolute atomic E-state index is 3.86. The van der Waals surface area contributed by atoms with E-state index in [1.807, 2.05) is 0 Å². The molecule has 0 amide bonds. The molecule has 1 aliphatic carbocycles. The number of hydrogen-bond donors (Lipinski definition) is 1. The van der Waals surface area contributed by atoms with Crippen LogP contribution in [-0.2, 0) is 0 Å². The van der Waals surface area contributed by atoms with Gasteiger partial charge in [-0.15, -0.1) is 0 Å². The zero-order valence-corrected chi connectivity index (χ0v) is 12.5. The third-order valence-corrected chi connectivity index (χ3v) is 4.36. The molecule has 3 atom stereocenters. The maximum Gasteiger partial charge on any atom is 0.00696 e. The molecule has 0 aromatic carbocycles. The first-order chi connectivity index (χ1) is 8.11. The summed E-state index contributed by atoms with van der Waals surface area (Å²) >= 11 is 0. The first kappa shape index (κ1) is 15.0. The second-order valence-electron chi connectivity index (χ2n) is 6.52. The van der Waals surface area contributed by atoms with Gasteiger partial charge < -0.3 is 5.32 Å². The highest BCUT2D eigenvalue weighted by Gasteiger charge is 2.18. The summed E-state index contributed by atoms with van der Waals surface area (Å²) in [4.78, 5) is 0. The van der Waals surface area contributed by atoms with Crippen molar-refractivity contribution in [2.24, 2.45) is 11.8 Å². The molecule has 1 aliphatic rings. The van der Waals surface area contributed by atoms with Gasteiger partial charge >= 0.3 is 0 Å². The molecule has 17 heavy (non-hydrogen) atoms. The Morgan fingerprint density at radius 2 is 1.76 bits per heavy atom. The van der Waals surface area contributed by atoms with E-state index in [9.17, 15) is 0 Å². The molecule has 102 valence electrons. The predicted molar refractivity (Wildman–Crippen MR) is 77.3 cm³/mol. The molecule has 3 unspecified atom stereocenters. The summed E-state index contributed by atoms with van der Waals surface area (Å²) in [7, 11) is 0. The van der Waals surface area contributed by atoms with Crippen LogP contribution in [0.1, 0.15) is 79.1 Å². The lowest BCUT2D eigenvalue weighted by molar-refractivity contribution is 0.368. The van der Waals surface area contributed by atoms with E-state index in [0.717, 1.165) is 17.9 Å². The Morgan fingerprint density at radius 3 is 2.41 bits per heavy atom. The van der Waals surface area contributed by atoms with Crippen molar-refractivity contribution in [2.45, 2.75) is 91.1 Å². The number of rotatable bonds is 6. The molecular weight excluding hydrogens is 206 g/mol. The quantitative estimate of drug-likeness (QED) is 0.659. The molecule has 0 aliphatic heterocycles. The summed E-state index contributed by atoms with van der Waals surface area (Å²) in [5.41, 5.74) is 0. The van der Waals surface area contributed by atoms with Gasteiger partial charge in [0.15, 0.2) is 0 Å². The van der Waals surface area contributed by atoms with Crippen LogP contribution < -0.4 is 5.32 Å². The van der Waals surface area contributed by atoms with Crippen molar-refractivity contribution in [2.75, 3.05) is 0 Å². The lowest BCUT2D eigenvalue weighted by Gasteiger charge is -2.22. The zero-order chi connectivity index (χ0) is 12.7. The molecule has 1 saturated carbocycles. The third-order valence-electron chi connectivity index (χ3n) is 4.36. The van der Waals surface area contributed by atoms with E-state index in [4.69, 9.17) is 0 Å². The van der Waals surface area contributed by atoms with Crippen LogP contribution in [0.4, 0.5) is 0 Å². The largest absolute Gasteiger partial charge is 0.312 e. The SMILES string of the molecule is CCC1CCCC(NC(C)CCC(C)C)CC1. The molecule has 0 aromatic heterocycles. The monoisotopic (exact) mass is 239 g/mol. The molecule has 1 heteroatoms. The van der Waals surface area contributed by atoms with Gasteiger partial charge in [0.25, 0.3) is 0 Å². The van der Waals surface area contributed by atoms with E-state index >= 15 is 0 Å². The lowest BCUT2D eigenvalue weighted by atomic mass is 9.97. The molecule has 0 saturated heterocycles. The van der Waals surface area contributed by atoms with Crippen LogP contribution in [0.5, 0.6) is 0 Å². The number of nitrogens with one attached hydrogen (secondary N) is 1. The second kappa shape index (κ2) is 8.13. The first-order valence-electron chi connectivity index (χ1n) is 7.87. The fraction of sp³-hybridized carbons (Fsp3) is 1.00. The first-order valence-corrected chi connectivity index (χ1v) is 7.87. The topological polar surface area (TPSA) is 12.0 Å². The number of hydrogen-bond acceptors (Lipinski definition) is 1. The van der Waals surface area contributed by atoms with Crippen molar-refractivity contribution in [3.63, 3.8) is 0 Å². The minimum Gasteiger partial charge on any atom is -0.312 e. The van der Waals surface area contributed by atoms with Crippen LogP contribution in [0.3, 0.4) is 0 Å². The third kappa shape index (κ3) is 6.45. The lowest BCUT2D eigenvalue weighted by Crippen LogP contribution is -2.36. The molecule has 0 radical (unpaired) electrons. The molecule has 1 rings (SSSR count). The van der Waals surface area contributed by atoms with E-state index in [1.54, 1.807) is 0 Å². The van der Waals surface area contributed by atoms with E-state index in [0.29, 0.717) is 6.04 Å². The molecular formula is C16H33N. The minimum atomic E-state index is 0.709. The van der Waals surface area contributed by atoms with Crippen LogP contribution in [0.25, 0.3) is 0 Å². The van der Waals surface area contributed by atoms with Gasteiger partial charge in [-0.1, -0.05) is 40.0 Å². The highest BCUT2D eigenvalue weighted by atomic mass is 14.9. The van der Waals surface area contributed by atoms with Crippen LogP contribution in [0, 0.1) is 11.8 Å². The highest BCUT2D eigenvalue weighted by Crippen LogP contribution is 2.25. The molecule has 0 spiro atoms. The van der Waals surface area contributed by atoms with Gasteiger partial charge in [-0.2, -0.15) is 0 Å². The summed E-state index contributed by atoms with van der Waals surface area (Å²) in [6.07, 6.45) is 11.2. The van der Waals surface area contributed by atoms with Crippen molar-refractivity contribution in [3.05, 3.63) is 0 Å². The Bertz CT molecular complexity index is 188. The van der Waals surface area contributed by atoms with Crippen LogP contribution in [-0.4, -0.2) is 12.1 Å². The molecule has 0 aromatic rings.